The molecule has 1 N–H and O–H groups in total. The van der Waals surface area contributed by atoms with Crippen LogP contribution in [-0.4, -0.2) is 22.7 Å². The van der Waals surface area contributed by atoms with E-state index in [0.29, 0.717) is 0 Å². The van der Waals surface area contributed by atoms with Gasteiger partial charge in [-0.2, -0.15) is 0 Å². The molecule has 0 radical (unpaired) electrons. The van der Waals surface area contributed by atoms with Crippen LogP contribution in [0.1, 0.15) is 53.4 Å². The Bertz CT molecular complexity index is 367. The molecule has 0 heterocycles. The standard InChI is InChI=1S/C15H24F4O2/c1-5-10(8-14(3,16)17)12(20)7-13(21)11(6-2)9-15(4,18)19/h7,10-11,20H,5-6,8-9H2,1-4H3/b12-7-. The van der Waals surface area contributed by atoms with Crippen molar-refractivity contribution >= 4 is 5.78 Å². The molecule has 2 unspecified atom stereocenters. The van der Waals surface area contributed by atoms with E-state index >= 15 is 0 Å². The van der Waals surface area contributed by atoms with Gasteiger partial charge in [0.1, 0.15) is 0 Å². The molecule has 0 aromatic rings. The summed E-state index contributed by atoms with van der Waals surface area (Å²) in [5.74, 6) is -8.83. The van der Waals surface area contributed by atoms with Gasteiger partial charge in [0.25, 0.3) is 0 Å². The van der Waals surface area contributed by atoms with Crippen LogP contribution in [0.5, 0.6) is 0 Å². The van der Waals surface area contributed by atoms with Crippen molar-refractivity contribution in [3.05, 3.63) is 11.8 Å². The molecule has 0 aromatic heterocycles. The SMILES string of the molecule is CCC(CC(C)(F)F)C(=O)/C=C(\O)C(CC)CC(C)(F)F. The van der Waals surface area contributed by atoms with E-state index in [2.05, 4.69) is 0 Å². The first-order chi connectivity index (χ1) is 9.39. The number of hydrogen-bond acceptors (Lipinski definition) is 2. The fourth-order valence-electron chi connectivity index (χ4n) is 2.15. The van der Waals surface area contributed by atoms with Gasteiger partial charge in [-0.05, 0) is 26.7 Å². The first-order valence-electron chi connectivity index (χ1n) is 7.09. The molecule has 0 bridgehead atoms. The van der Waals surface area contributed by atoms with Crippen LogP contribution in [0.15, 0.2) is 11.8 Å². The summed E-state index contributed by atoms with van der Waals surface area (Å²) in [5.41, 5.74) is 0. The van der Waals surface area contributed by atoms with Gasteiger partial charge >= 0.3 is 0 Å². The molecule has 2 atom stereocenters. The molecule has 0 aromatic carbocycles. The summed E-state index contributed by atoms with van der Waals surface area (Å²) in [7, 11) is 0. The summed E-state index contributed by atoms with van der Waals surface area (Å²) in [4.78, 5) is 11.9. The summed E-state index contributed by atoms with van der Waals surface area (Å²) < 4.78 is 51.9. The van der Waals surface area contributed by atoms with Crippen molar-refractivity contribution in [2.24, 2.45) is 11.8 Å². The average molecular weight is 312 g/mol. The molecule has 0 saturated carbocycles. The molecule has 2 nitrogen and oxygen atoms in total. The molecule has 0 aliphatic heterocycles. The Kier molecular flexibility index (Phi) is 7.40. The van der Waals surface area contributed by atoms with E-state index in [1.807, 2.05) is 0 Å². The van der Waals surface area contributed by atoms with Crippen molar-refractivity contribution in [3.8, 4) is 0 Å². The fraction of sp³-hybridized carbons (Fsp3) is 0.800. The Labute approximate surface area is 123 Å². The number of rotatable bonds is 9. The fourth-order valence-corrected chi connectivity index (χ4v) is 2.15. The Morgan fingerprint density at radius 1 is 1.00 bits per heavy atom. The van der Waals surface area contributed by atoms with E-state index in [0.717, 1.165) is 19.9 Å². The molecule has 0 spiro atoms. The van der Waals surface area contributed by atoms with Gasteiger partial charge < -0.3 is 5.11 Å². The molecule has 0 amide bonds. The third-order valence-corrected chi connectivity index (χ3v) is 3.31. The van der Waals surface area contributed by atoms with Crippen molar-refractivity contribution < 1.29 is 27.5 Å². The zero-order valence-electron chi connectivity index (χ0n) is 12.9. The number of allylic oxidation sites excluding steroid dienone is 2. The van der Waals surface area contributed by atoms with Crippen LogP contribution in [0.25, 0.3) is 0 Å². The van der Waals surface area contributed by atoms with E-state index < -0.39 is 48.1 Å². The third kappa shape index (κ3) is 8.73. The molecule has 0 fully saturated rings. The van der Waals surface area contributed by atoms with Crippen molar-refractivity contribution in [1.82, 2.24) is 0 Å². The van der Waals surface area contributed by atoms with E-state index in [1.54, 1.807) is 13.8 Å². The van der Waals surface area contributed by atoms with Gasteiger partial charge in [-0.3, -0.25) is 4.79 Å². The summed E-state index contributed by atoms with van der Waals surface area (Å²) >= 11 is 0. The summed E-state index contributed by atoms with van der Waals surface area (Å²) in [5, 5.41) is 9.80. The Hall–Kier alpha value is -1.07. The minimum atomic E-state index is -2.99. The lowest BCUT2D eigenvalue weighted by Gasteiger charge is -2.20. The monoisotopic (exact) mass is 312 g/mol. The first kappa shape index (κ1) is 19.9. The van der Waals surface area contributed by atoms with Crippen molar-refractivity contribution in [2.75, 3.05) is 0 Å². The Morgan fingerprint density at radius 3 is 1.71 bits per heavy atom. The lowest BCUT2D eigenvalue weighted by molar-refractivity contribution is -0.121. The number of aliphatic hydroxyl groups excluding tert-OH is 1. The molecule has 0 rings (SSSR count). The molecule has 0 aliphatic carbocycles. The van der Waals surface area contributed by atoms with Crippen molar-refractivity contribution in [3.63, 3.8) is 0 Å². The Morgan fingerprint density at radius 2 is 1.38 bits per heavy atom. The second kappa shape index (κ2) is 7.80. The number of ketones is 1. The maximum absolute atomic E-state index is 13.0. The zero-order chi connectivity index (χ0) is 16.8. The number of halogens is 4. The normalized spacial score (nSPS) is 16.7. The van der Waals surface area contributed by atoms with Gasteiger partial charge in [0.15, 0.2) is 5.78 Å². The predicted octanol–water partition coefficient (Wildman–Crippen LogP) is 5.14. The van der Waals surface area contributed by atoms with Crippen LogP contribution in [0, 0.1) is 11.8 Å². The Balaban J connectivity index is 4.96. The minimum absolute atomic E-state index is 0.201. The smallest absolute Gasteiger partial charge is 0.246 e. The largest absolute Gasteiger partial charge is 0.512 e. The number of carbonyl (C=O) groups excluding carboxylic acids is 1. The second-order valence-corrected chi connectivity index (χ2v) is 5.73. The van der Waals surface area contributed by atoms with Crippen LogP contribution >= 0.6 is 0 Å². The van der Waals surface area contributed by atoms with E-state index in [4.69, 9.17) is 0 Å². The van der Waals surface area contributed by atoms with Crippen LogP contribution < -0.4 is 0 Å². The summed E-state index contributed by atoms with van der Waals surface area (Å²) in [6.07, 6.45) is 0.0685. The number of carbonyl (C=O) groups is 1. The highest BCUT2D eigenvalue weighted by Crippen LogP contribution is 2.30. The highest BCUT2D eigenvalue weighted by molar-refractivity contribution is 5.92. The van der Waals surface area contributed by atoms with Gasteiger partial charge in [0.2, 0.25) is 11.8 Å². The lowest BCUT2D eigenvalue weighted by Crippen LogP contribution is -2.23. The molecule has 0 aliphatic rings. The van der Waals surface area contributed by atoms with Gasteiger partial charge in [-0.1, -0.05) is 13.8 Å². The van der Waals surface area contributed by atoms with E-state index in [-0.39, 0.29) is 12.8 Å². The molecular weight excluding hydrogens is 288 g/mol. The molecule has 124 valence electrons. The van der Waals surface area contributed by atoms with Crippen LogP contribution in [0.2, 0.25) is 0 Å². The number of hydrogen-bond donors (Lipinski definition) is 1. The van der Waals surface area contributed by atoms with E-state index in [9.17, 15) is 27.5 Å². The summed E-state index contributed by atoms with van der Waals surface area (Å²) in [6.45, 7) is 4.66. The minimum Gasteiger partial charge on any atom is -0.512 e. The van der Waals surface area contributed by atoms with Crippen molar-refractivity contribution in [2.45, 2.75) is 65.2 Å². The number of aliphatic hydroxyl groups is 1. The average Bonchev–Trinajstić information content (AvgIpc) is 2.30. The van der Waals surface area contributed by atoms with Crippen LogP contribution in [0.4, 0.5) is 17.6 Å². The van der Waals surface area contributed by atoms with Crippen LogP contribution in [-0.2, 0) is 4.79 Å². The first-order valence-corrected chi connectivity index (χ1v) is 7.09. The lowest BCUT2D eigenvalue weighted by atomic mass is 9.91. The van der Waals surface area contributed by atoms with E-state index in [1.165, 1.54) is 0 Å². The van der Waals surface area contributed by atoms with Gasteiger partial charge in [-0.15, -0.1) is 0 Å². The predicted molar refractivity (Wildman–Crippen MR) is 73.8 cm³/mol. The quantitative estimate of drug-likeness (QED) is 0.363. The second-order valence-electron chi connectivity index (χ2n) is 5.73. The van der Waals surface area contributed by atoms with Gasteiger partial charge in [-0.25, -0.2) is 17.6 Å². The van der Waals surface area contributed by atoms with Gasteiger partial charge in [0, 0.05) is 30.8 Å². The number of alkyl halides is 4. The third-order valence-electron chi connectivity index (χ3n) is 3.31. The van der Waals surface area contributed by atoms with Crippen molar-refractivity contribution in [1.29, 1.82) is 0 Å². The summed E-state index contributed by atoms with van der Waals surface area (Å²) in [6, 6.07) is 0. The molecule has 6 heteroatoms. The molecular formula is C15H24F4O2. The maximum atomic E-state index is 13.0. The topological polar surface area (TPSA) is 37.3 Å². The van der Waals surface area contributed by atoms with Gasteiger partial charge in [0.05, 0.1) is 5.76 Å². The maximum Gasteiger partial charge on any atom is 0.246 e. The molecule has 21 heavy (non-hydrogen) atoms. The molecule has 0 saturated heterocycles. The highest BCUT2D eigenvalue weighted by atomic mass is 19.3. The van der Waals surface area contributed by atoms with Crippen LogP contribution in [0.3, 0.4) is 0 Å². The zero-order valence-corrected chi connectivity index (χ0v) is 12.9. The highest BCUT2D eigenvalue weighted by Gasteiger charge is 2.31.